The molecule has 2 amide bonds. The molecule has 0 N–H and O–H groups in total. The molecule has 3 fully saturated rings. The van der Waals surface area contributed by atoms with Gasteiger partial charge in [-0.1, -0.05) is 11.6 Å². The van der Waals surface area contributed by atoms with Crippen molar-refractivity contribution < 1.29 is 26.9 Å². The Morgan fingerprint density at radius 1 is 1.08 bits per heavy atom. The fraction of sp³-hybridized carbons (Fsp3) is 0.500. The second-order valence-corrected chi connectivity index (χ2v) is 8.45. The molecule has 1 aromatic carbocycles. The van der Waals surface area contributed by atoms with Crippen LogP contribution in [0.2, 0.25) is 5.02 Å². The molecule has 3 aliphatic heterocycles. The van der Waals surface area contributed by atoms with E-state index in [4.69, 9.17) is 20.5 Å². The number of carbonyl (C=O) groups is 2. The average molecular weight is 386 g/mol. The third-order valence-corrected chi connectivity index (χ3v) is 6.61. The van der Waals surface area contributed by atoms with Gasteiger partial charge in [-0.25, -0.2) is 0 Å². The largest absolute Gasteiger partial charge is 0.373 e. The van der Waals surface area contributed by atoms with Gasteiger partial charge in [0.2, 0.25) is 11.8 Å². The molecule has 3 heterocycles. The summed E-state index contributed by atoms with van der Waals surface area (Å²) < 4.78 is 34.8. The SMILES string of the molecule is O=C1C2C3CCC(O3)C2C(=O)N1CCOS(=O)(=O)c1ccc(Cl)cc1. The van der Waals surface area contributed by atoms with Crippen LogP contribution < -0.4 is 0 Å². The van der Waals surface area contributed by atoms with E-state index >= 15 is 0 Å². The summed E-state index contributed by atoms with van der Waals surface area (Å²) >= 11 is 5.73. The minimum atomic E-state index is -3.96. The van der Waals surface area contributed by atoms with Crippen molar-refractivity contribution in [1.29, 1.82) is 0 Å². The monoisotopic (exact) mass is 385 g/mol. The normalized spacial score (nSPS) is 31.0. The topological polar surface area (TPSA) is 90.0 Å². The Morgan fingerprint density at radius 3 is 2.20 bits per heavy atom. The molecule has 25 heavy (non-hydrogen) atoms. The second kappa shape index (κ2) is 6.05. The van der Waals surface area contributed by atoms with Gasteiger partial charge in [-0.05, 0) is 37.1 Å². The van der Waals surface area contributed by atoms with Crippen molar-refractivity contribution in [3.05, 3.63) is 29.3 Å². The first-order valence-corrected chi connectivity index (χ1v) is 9.83. The van der Waals surface area contributed by atoms with E-state index in [0.717, 1.165) is 17.7 Å². The lowest BCUT2D eigenvalue weighted by Gasteiger charge is -2.17. The molecule has 7 nitrogen and oxygen atoms in total. The van der Waals surface area contributed by atoms with Gasteiger partial charge in [-0.2, -0.15) is 8.42 Å². The molecule has 1 aromatic rings. The van der Waals surface area contributed by atoms with Crippen LogP contribution >= 0.6 is 11.6 Å². The highest BCUT2D eigenvalue weighted by Crippen LogP contribution is 2.48. The van der Waals surface area contributed by atoms with Crippen LogP contribution in [0.3, 0.4) is 0 Å². The van der Waals surface area contributed by atoms with Crippen molar-refractivity contribution in [3.8, 4) is 0 Å². The number of hydrogen-bond acceptors (Lipinski definition) is 6. The van der Waals surface area contributed by atoms with Crippen molar-refractivity contribution in [2.75, 3.05) is 13.2 Å². The Morgan fingerprint density at radius 2 is 1.64 bits per heavy atom. The van der Waals surface area contributed by atoms with Gasteiger partial charge >= 0.3 is 0 Å². The van der Waals surface area contributed by atoms with E-state index in [9.17, 15) is 18.0 Å². The first kappa shape index (κ1) is 17.0. The zero-order valence-corrected chi connectivity index (χ0v) is 14.7. The molecule has 3 aliphatic rings. The third kappa shape index (κ3) is 2.77. The summed E-state index contributed by atoms with van der Waals surface area (Å²) in [5.41, 5.74) is 0. The van der Waals surface area contributed by atoms with Crippen LogP contribution in [0.5, 0.6) is 0 Å². The predicted molar refractivity (Wildman–Crippen MR) is 86.2 cm³/mol. The lowest BCUT2D eigenvalue weighted by atomic mass is 9.81. The van der Waals surface area contributed by atoms with Crippen LogP contribution in [-0.4, -0.2) is 50.5 Å². The van der Waals surface area contributed by atoms with E-state index in [1.54, 1.807) is 0 Å². The summed E-state index contributed by atoms with van der Waals surface area (Å²) in [6, 6.07) is 5.57. The van der Waals surface area contributed by atoms with Gasteiger partial charge in [-0.15, -0.1) is 0 Å². The zero-order chi connectivity index (χ0) is 17.8. The van der Waals surface area contributed by atoms with Crippen LogP contribution in [0, 0.1) is 11.8 Å². The maximum absolute atomic E-state index is 12.5. The molecule has 0 aliphatic carbocycles. The van der Waals surface area contributed by atoms with E-state index in [2.05, 4.69) is 0 Å². The number of rotatable bonds is 5. The van der Waals surface area contributed by atoms with Gasteiger partial charge in [0, 0.05) is 5.02 Å². The summed E-state index contributed by atoms with van der Waals surface area (Å²) in [5, 5.41) is 0.413. The first-order valence-electron chi connectivity index (χ1n) is 8.04. The number of halogens is 1. The van der Waals surface area contributed by atoms with Gasteiger partial charge in [0.05, 0.1) is 42.1 Å². The smallest absolute Gasteiger partial charge is 0.297 e. The predicted octanol–water partition coefficient (Wildman–Crippen LogP) is 1.21. The van der Waals surface area contributed by atoms with Crippen molar-refractivity contribution in [2.45, 2.75) is 29.9 Å². The standard InChI is InChI=1S/C16H16ClNO6S/c17-9-1-3-10(4-2-9)25(21,22)23-8-7-18-15(19)13-11-5-6-12(24-11)14(13)16(18)20/h1-4,11-14H,5-8H2. The molecule has 134 valence electrons. The summed E-state index contributed by atoms with van der Waals surface area (Å²) in [6.45, 7) is -0.366. The molecule has 0 saturated carbocycles. The minimum absolute atomic E-state index is 0.0284. The quantitative estimate of drug-likeness (QED) is 0.559. The molecule has 4 atom stereocenters. The third-order valence-electron chi connectivity index (χ3n) is 5.03. The molecule has 9 heteroatoms. The summed E-state index contributed by atoms with van der Waals surface area (Å²) in [6.07, 6.45) is 1.21. The summed E-state index contributed by atoms with van der Waals surface area (Å²) in [7, 11) is -3.96. The number of carbonyl (C=O) groups excluding carboxylic acids is 2. The number of fused-ring (bicyclic) bond motifs is 5. The number of imide groups is 1. The Labute approximate surface area is 150 Å². The number of likely N-dealkylation sites (tertiary alicyclic amines) is 1. The fourth-order valence-corrected chi connectivity index (χ4v) is 4.93. The Hall–Kier alpha value is -1.48. The molecule has 2 bridgehead atoms. The van der Waals surface area contributed by atoms with Crippen LogP contribution in [0.15, 0.2) is 29.2 Å². The molecular formula is C16H16ClNO6S. The molecular weight excluding hydrogens is 370 g/mol. The molecule has 3 saturated heterocycles. The minimum Gasteiger partial charge on any atom is -0.373 e. The average Bonchev–Trinajstić information content (AvgIpc) is 3.24. The second-order valence-electron chi connectivity index (χ2n) is 6.40. The Kier molecular flexibility index (Phi) is 4.10. The highest BCUT2D eigenvalue weighted by molar-refractivity contribution is 7.86. The lowest BCUT2D eigenvalue weighted by Crippen LogP contribution is -2.37. The van der Waals surface area contributed by atoms with E-state index in [1.807, 2.05) is 0 Å². The zero-order valence-electron chi connectivity index (χ0n) is 13.1. The molecule has 0 aromatic heterocycles. The van der Waals surface area contributed by atoms with Gasteiger partial charge in [0.1, 0.15) is 0 Å². The van der Waals surface area contributed by atoms with Crippen molar-refractivity contribution in [3.63, 3.8) is 0 Å². The number of hydrogen-bond donors (Lipinski definition) is 0. The van der Waals surface area contributed by atoms with E-state index in [1.165, 1.54) is 24.3 Å². The number of amides is 2. The number of benzene rings is 1. The van der Waals surface area contributed by atoms with Gasteiger partial charge in [0.15, 0.2) is 0 Å². The van der Waals surface area contributed by atoms with Crippen LogP contribution in [0.25, 0.3) is 0 Å². The van der Waals surface area contributed by atoms with Crippen molar-refractivity contribution in [2.24, 2.45) is 11.8 Å². The lowest BCUT2D eigenvalue weighted by molar-refractivity contribution is -0.143. The summed E-state index contributed by atoms with van der Waals surface area (Å²) in [4.78, 5) is 26.0. The van der Waals surface area contributed by atoms with E-state index < -0.39 is 22.0 Å². The van der Waals surface area contributed by atoms with E-state index in [-0.39, 0.29) is 42.1 Å². The Bertz CT molecular complexity index is 796. The van der Waals surface area contributed by atoms with E-state index in [0.29, 0.717) is 5.02 Å². The molecule has 4 rings (SSSR count). The van der Waals surface area contributed by atoms with Gasteiger partial charge in [0.25, 0.3) is 10.1 Å². The maximum atomic E-state index is 12.5. The van der Waals surface area contributed by atoms with Crippen LogP contribution in [0.4, 0.5) is 0 Å². The molecule has 4 unspecified atom stereocenters. The highest BCUT2D eigenvalue weighted by Gasteiger charge is 2.62. The van der Waals surface area contributed by atoms with Gasteiger partial charge in [-0.3, -0.25) is 18.7 Å². The number of ether oxygens (including phenoxy) is 1. The number of nitrogens with zero attached hydrogens (tertiary/aromatic N) is 1. The fourth-order valence-electron chi connectivity index (χ4n) is 3.90. The highest BCUT2D eigenvalue weighted by atomic mass is 35.5. The van der Waals surface area contributed by atoms with Crippen molar-refractivity contribution in [1.82, 2.24) is 4.90 Å². The first-order chi connectivity index (χ1) is 11.9. The Balaban J connectivity index is 1.40. The molecule has 0 spiro atoms. The summed E-state index contributed by atoms with van der Waals surface area (Å²) in [5.74, 6) is -1.40. The van der Waals surface area contributed by atoms with Crippen LogP contribution in [-0.2, 0) is 28.6 Å². The van der Waals surface area contributed by atoms with Crippen molar-refractivity contribution >= 4 is 33.5 Å². The maximum Gasteiger partial charge on any atom is 0.297 e. The molecule has 0 radical (unpaired) electrons. The van der Waals surface area contributed by atoms with Crippen LogP contribution in [0.1, 0.15) is 12.8 Å². The van der Waals surface area contributed by atoms with Gasteiger partial charge < -0.3 is 4.74 Å².